The Labute approximate surface area is 107 Å². The summed E-state index contributed by atoms with van der Waals surface area (Å²) in [5, 5.41) is 15.5. The first-order valence-corrected chi connectivity index (χ1v) is 7.00. The Morgan fingerprint density at radius 2 is 2.22 bits per heavy atom. The van der Waals surface area contributed by atoms with Gasteiger partial charge < -0.3 is 10.9 Å². The summed E-state index contributed by atoms with van der Waals surface area (Å²) in [5.41, 5.74) is 5.69. The zero-order chi connectivity index (χ0) is 12.6. The highest BCUT2D eigenvalue weighted by molar-refractivity contribution is 5.20. The molecule has 0 bridgehead atoms. The molecule has 1 aromatic heterocycles. The van der Waals surface area contributed by atoms with E-state index in [4.69, 9.17) is 10.3 Å². The van der Waals surface area contributed by atoms with Gasteiger partial charge in [0.05, 0.1) is 5.41 Å². The molecule has 5 nitrogen and oxygen atoms in total. The summed E-state index contributed by atoms with van der Waals surface area (Å²) < 4.78 is 5.50. The second kappa shape index (κ2) is 4.53. The highest BCUT2D eigenvalue weighted by Gasteiger charge is 2.62. The standard InChI is InChI=1S/C13H21N3O2/c14-8-13(12-15-18-9-16(12)17)7-11(13)6-10-4-2-1-3-5-10/h9-11H,1-8,14H2. The summed E-state index contributed by atoms with van der Waals surface area (Å²) in [6.45, 7) is 0.499. The van der Waals surface area contributed by atoms with Gasteiger partial charge in [-0.3, -0.25) is 0 Å². The number of nitrogens with zero attached hydrogens (tertiary/aromatic N) is 2. The van der Waals surface area contributed by atoms with E-state index in [1.165, 1.54) is 38.5 Å². The maximum Gasteiger partial charge on any atom is 0.359 e. The van der Waals surface area contributed by atoms with Gasteiger partial charge in [0.1, 0.15) is 0 Å². The Balaban J connectivity index is 1.67. The largest absolute Gasteiger partial charge is 0.708 e. The number of hydrogen-bond acceptors (Lipinski definition) is 4. The van der Waals surface area contributed by atoms with Crippen LogP contribution in [0.2, 0.25) is 0 Å². The number of hydrogen-bond donors (Lipinski definition) is 1. The summed E-state index contributed by atoms with van der Waals surface area (Å²) in [4.78, 5) is 0. The first kappa shape index (κ1) is 12.0. The minimum atomic E-state index is -0.202. The SMILES string of the molecule is NCC1(c2noc[n+]2[O-])CC1CC1CCCCC1. The van der Waals surface area contributed by atoms with Crippen LogP contribution in [-0.2, 0) is 5.41 Å². The lowest BCUT2D eigenvalue weighted by Crippen LogP contribution is -2.38. The van der Waals surface area contributed by atoms with Crippen molar-refractivity contribution in [1.82, 2.24) is 5.16 Å². The van der Waals surface area contributed by atoms with Crippen molar-refractivity contribution >= 4 is 0 Å². The van der Waals surface area contributed by atoms with Gasteiger partial charge in [0, 0.05) is 6.54 Å². The van der Waals surface area contributed by atoms with Gasteiger partial charge in [0.15, 0.2) is 5.16 Å². The van der Waals surface area contributed by atoms with Crippen molar-refractivity contribution in [3.63, 3.8) is 0 Å². The molecule has 18 heavy (non-hydrogen) atoms. The average Bonchev–Trinajstić information content (AvgIpc) is 2.92. The minimum absolute atomic E-state index is 0.202. The number of nitrogens with two attached hydrogens (primary N) is 1. The Morgan fingerprint density at radius 1 is 1.44 bits per heavy atom. The lowest BCUT2D eigenvalue weighted by atomic mass is 9.84. The smallest absolute Gasteiger partial charge is 0.359 e. The van der Waals surface area contributed by atoms with Crippen LogP contribution in [0.4, 0.5) is 0 Å². The third-order valence-electron chi connectivity index (χ3n) is 4.87. The zero-order valence-electron chi connectivity index (χ0n) is 10.7. The van der Waals surface area contributed by atoms with Crippen molar-refractivity contribution in [2.75, 3.05) is 6.54 Å². The summed E-state index contributed by atoms with van der Waals surface area (Å²) in [5.74, 6) is 1.84. The molecule has 5 heteroatoms. The van der Waals surface area contributed by atoms with E-state index in [1.807, 2.05) is 0 Å². The van der Waals surface area contributed by atoms with Gasteiger partial charge in [-0.05, 0) is 24.7 Å². The van der Waals surface area contributed by atoms with Crippen LogP contribution in [0, 0.1) is 17.0 Å². The summed E-state index contributed by atoms with van der Waals surface area (Å²) in [6.07, 6.45) is 10.1. The fourth-order valence-electron chi connectivity index (χ4n) is 3.65. The molecule has 0 radical (unpaired) electrons. The lowest BCUT2D eigenvalue weighted by Gasteiger charge is -2.22. The molecule has 3 rings (SSSR count). The molecule has 0 aliphatic heterocycles. The van der Waals surface area contributed by atoms with E-state index in [0.717, 1.165) is 23.5 Å². The van der Waals surface area contributed by atoms with Gasteiger partial charge in [-0.25, -0.2) is 4.52 Å². The zero-order valence-corrected chi connectivity index (χ0v) is 10.7. The molecule has 100 valence electrons. The predicted molar refractivity (Wildman–Crippen MR) is 65.5 cm³/mol. The molecule has 2 aliphatic carbocycles. The second-order valence-corrected chi connectivity index (χ2v) is 5.95. The van der Waals surface area contributed by atoms with Crippen LogP contribution in [0.5, 0.6) is 0 Å². The maximum atomic E-state index is 11.6. The Kier molecular flexibility index (Phi) is 3.01. The van der Waals surface area contributed by atoms with Crippen LogP contribution in [0.3, 0.4) is 0 Å². The molecule has 2 aliphatic rings. The molecule has 2 N–H and O–H groups in total. The molecule has 2 atom stereocenters. The first-order chi connectivity index (χ1) is 8.76. The summed E-state index contributed by atoms with van der Waals surface area (Å²) in [6, 6.07) is 0. The quantitative estimate of drug-likeness (QED) is 0.649. The third-order valence-corrected chi connectivity index (χ3v) is 4.87. The second-order valence-electron chi connectivity index (χ2n) is 5.95. The fourth-order valence-corrected chi connectivity index (χ4v) is 3.65. The highest BCUT2D eigenvalue weighted by Crippen LogP contribution is 2.55. The van der Waals surface area contributed by atoms with Crippen molar-refractivity contribution < 1.29 is 9.25 Å². The van der Waals surface area contributed by atoms with Crippen LogP contribution in [-0.4, -0.2) is 11.7 Å². The van der Waals surface area contributed by atoms with E-state index in [-0.39, 0.29) is 5.41 Å². The number of aromatic nitrogens is 2. The minimum Gasteiger partial charge on any atom is -0.708 e. The molecular weight excluding hydrogens is 230 g/mol. The van der Waals surface area contributed by atoms with E-state index in [0.29, 0.717) is 18.3 Å². The van der Waals surface area contributed by atoms with Crippen LogP contribution in [0.15, 0.2) is 10.9 Å². The van der Waals surface area contributed by atoms with Crippen LogP contribution < -0.4 is 10.5 Å². The Hall–Kier alpha value is -1.10. The number of rotatable bonds is 4. The monoisotopic (exact) mass is 251 g/mol. The van der Waals surface area contributed by atoms with E-state index in [9.17, 15) is 5.21 Å². The van der Waals surface area contributed by atoms with Gasteiger partial charge >= 0.3 is 12.2 Å². The van der Waals surface area contributed by atoms with Crippen molar-refractivity contribution in [2.24, 2.45) is 17.6 Å². The van der Waals surface area contributed by atoms with Gasteiger partial charge in [-0.2, -0.15) is 4.73 Å². The van der Waals surface area contributed by atoms with E-state index in [1.54, 1.807) is 0 Å². The first-order valence-electron chi connectivity index (χ1n) is 7.00. The van der Waals surface area contributed by atoms with Crippen molar-refractivity contribution in [2.45, 2.75) is 50.4 Å². The highest BCUT2D eigenvalue weighted by atomic mass is 16.5. The molecule has 2 saturated carbocycles. The fraction of sp³-hybridized carbons (Fsp3) is 0.846. The third kappa shape index (κ3) is 1.90. The molecule has 2 fully saturated rings. The molecule has 1 aromatic rings. The van der Waals surface area contributed by atoms with E-state index in [2.05, 4.69) is 5.16 Å². The van der Waals surface area contributed by atoms with Crippen molar-refractivity contribution in [3.8, 4) is 0 Å². The molecular formula is C13H21N3O2. The van der Waals surface area contributed by atoms with Gasteiger partial charge in [0.25, 0.3) is 0 Å². The molecule has 0 saturated heterocycles. The van der Waals surface area contributed by atoms with Gasteiger partial charge in [-0.15, -0.1) is 0 Å². The maximum absolute atomic E-state index is 11.6. The summed E-state index contributed by atoms with van der Waals surface area (Å²) in [7, 11) is 0. The molecule has 0 spiro atoms. The molecule has 0 aromatic carbocycles. The molecule has 2 unspecified atom stereocenters. The Bertz CT molecular complexity index is 414. The average molecular weight is 251 g/mol. The van der Waals surface area contributed by atoms with Crippen molar-refractivity contribution in [1.29, 1.82) is 0 Å². The van der Waals surface area contributed by atoms with Gasteiger partial charge in [0.2, 0.25) is 0 Å². The van der Waals surface area contributed by atoms with Gasteiger partial charge in [-0.1, -0.05) is 32.1 Å². The normalized spacial score (nSPS) is 32.6. The van der Waals surface area contributed by atoms with Crippen LogP contribution >= 0.6 is 0 Å². The predicted octanol–water partition coefficient (Wildman–Crippen LogP) is 1.49. The summed E-state index contributed by atoms with van der Waals surface area (Å²) >= 11 is 0. The molecule has 0 amide bonds. The van der Waals surface area contributed by atoms with Crippen LogP contribution in [0.25, 0.3) is 0 Å². The molecule has 1 heterocycles. The Morgan fingerprint density at radius 3 is 2.83 bits per heavy atom. The van der Waals surface area contributed by atoms with Crippen LogP contribution in [0.1, 0.15) is 50.8 Å². The topological polar surface area (TPSA) is 79.0 Å². The van der Waals surface area contributed by atoms with E-state index >= 15 is 0 Å². The lowest BCUT2D eigenvalue weighted by molar-refractivity contribution is -0.620. The van der Waals surface area contributed by atoms with Crippen molar-refractivity contribution in [3.05, 3.63) is 17.4 Å². The van der Waals surface area contributed by atoms with E-state index < -0.39 is 0 Å².